The van der Waals surface area contributed by atoms with Crippen molar-refractivity contribution >= 4 is 10.9 Å². The Morgan fingerprint density at radius 2 is 1.94 bits per heavy atom. The molecule has 0 bridgehead atoms. The number of phenolic OH excluding ortho intramolecular Hbond substituents is 1. The monoisotopic (exact) mass is 215 g/mol. The molecular formula is C14H17NO. The minimum absolute atomic E-state index is 0.441. The van der Waals surface area contributed by atoms with Gasteiger partial charge in [0, 0.05) is 18.1 Å². The van der Waals surface area contributed by atoms with Gasteiger partial charge in [0.1, 0.15) is 5.75 Å². The van der Waals surface area contributed by atoms with Crippen LogP contribution in [0, 0.1) is 0 Å². The molecule has 1 aliphatic rings. The van der Waals surface area contributed by atoms with Crippen molar-refractivity contribution in [3.05, 3.63) is 29.5 Å². The van der Waals surface area contributed by atoms with Gasteiger partial charge in [-0.3, -0.25) is 0 Å². The Morgan fingerprint density at radius 1 is 1.12 bits per heavy atom. The number of nitrogens with zero attached hydrogens (tertiary/aromatic N) is 1. The van der Waals surface area contributed by atoms with Crippen molar-refractivity contribution in [1.82, 2.24) is 4.57 Å². The third-order valence-corrected chi connectivity index (χ3v) is 3.78. The van der Waals surface area contributed by atoms with Gasteiger partial charge in [-0.05, 0) is 43.4 Å². The molecule has 0 spiro atoms. The molecule has 1 aliphatic carbocycles. The topological polar surface area (TPSA) is 25.2 Å². The second-order valence-electron chi connectivity index (χ2n) is 4.72. The maximum Gasteiger partial charge on any atom is 0.125 e. The SMILES string of the molecule is Cn1c2c(c3c(O)cccc31)CCCCC2. The number of phenols is 1. The van der Waals surface area contributed by atoms with Crippen LogP contribution in [-0.4, -0.2) is 9.67 Å². The first-order chi connectivity index (χ1) is 7.79. The summed E-state index contributed by atoms with van der Waals surface area (Å²) in [5.74, 6) is 0.441. The number of aromatic nitrogens is 1. The molecule has 0 aliphatic heterocycles. The Morgan fingerprint density at radius 3 is 2.81 bits per heavy atom. The van der Waals surface area contributed by atoms with Gasteiger partial charge in [-0.25, -0.2) is 0 Å². The molecule has 2 heteroatoms. The van der Waals surface area contributed by atoms with Gasteiger partial charge in [0.25, 0.3) is 0 Å². The summed E-state index contributed by atoms with van der Waals surface area (Å²) >= 11 is 0. The first-order valence-corrected chi connectivity index (χ1v) is 6.07. The van der Waals surface area contributed by atoms with Gasteiger partial charge < -0.3 is 9.67 Å². The molecule has 84 valence electrons. The van der Waals surface area contributed by atoms with Crippen molar-refractivity contribution in [3.8, 4) is 5.75 Å². The predicted molar refractivity (Wildman–Crippen MR) is 65.8 cm³/mol. The van der Waals surface area contributed by atoms with Gasteiger partial charge in [-0.2, -0.15) is 0 Å². The second kappa shape index (κ2) is 3.55. The minimum Gasteiger partial charge on any atom is -0.507 e. The van der Waals surface area contributed by atoms with E-state index in [1.54, 1.807) is 6.07 Å². The van der Waals surface area contributed by atoms with Crippen molar-refractivity contribution in [2.45, 2.75) is 32.1 Å². The number of hydrogen-bond donors (Lipinski definition) is 1. The zero-order valence-electron chi connectivity index (χ0n) is 9.66. The maximum atomic E-state index is 10.0. The van der Waals surface area contributed by atoms with Crippen LogP contribution in [0.2, 0.25) is 0 Å². The van der Waals surface area contributed by atoms with E-state index >= 15 is 0 Å². The standard InChI is InChI=1S/C14H17NO/c1-15-11-7-4-2-3-6-10(11)14-12(15)8-5-9-13(14)16/h5,8-9,16H,2-4,6-7H2,1H3. The fourth-order valence-corrected chi connectivity index (χ4v) is 2.97. The first-order valence-electron chi connectivity index (χ1n) is 6.07. The number of aromatic hydroxyl groups is 1. The zero-order chi connectivity index (χ0) is 11.1. The molecule has 0 saturated carbocycles. The quantitative estimate of drug-likeness (QED) is 0.671. The lowest BCUT2D eigenvalue weighted by molar-refractivity contribution is 0.481. The lowest BCUT2D eigenvalue weighted by atomic mass is 10.1. The summed E-state index contributed by atoms with van der Waals surface area (Å²) in [6.45, 7) is 0. The molecule has 0 fully saturated rings. The van der Waals surface area contributed by atoms with Gasteiger partial charge in [0.2, 0.25) is 0 Å². The van der Waals surface area contributed by atoms with Crippen molar-refractivity contribution in [1.29, 1.82) is 0 Å². The molecule has 1 aromatic heterocycles. The Labute approximate surface area is 95.5 Å². The summed E-state index contributed by atoms with van der Waals surface area (Å²) in [5, 5.41) is 11.1. The summed E-state index contributed by atoms with van der Waals surface area (Å²) in [7, 11) is 2.12. The Bertz CT molecular complexity index is 539. The highest BCUT2D eigenvalue weighted by atomic mass is 16.3. The van der Waals surface area contributed by atoms with Crippen molar-refractivity contribution in [2.24, 2.45) is 7.05 Å². The fraction of sp³-hybridized carbons (Fsp3) is 0.429. The van der Waals surface area contributed by atoms with Crippen molar-refractivity contribution in [2.75, 3.05) is 0 Å². The lowest BCUT2D eigenvalue weighted by Crippen LogP contribution is -1.96. The van der Waals surface area contributed by atoms with E-state index in [0.29, 0.717) is 5.75 Å². The molecule has 2 nitrogen and oxygen atoms in total. The van der Waals surface area contributed by atoms with Gasteiger partial charge >= 0.3 is 0 Å². The molecule has 16 heavy (non-hydrogen) atoms. The Hall–Kier alpha value is -1.44. The molecule has 0 atom stereocenters. The van der Waals surface area contributed by atoms with E-state index in [9.17, 15) is 5.11 Å². The smallest absolute Gasteiger partial charge is 0.125 e. The van der Waals surface area contributed by atoms with Gasteiger partial charge in [-0.1, -0.05) is 12.5 Å². The third-order valence-electron chi connectivity index (χ3n) is 3.78. The van der Waals surface area contributed by atoms with Gasteiger partial charge in [-0.15, -0.1) is 0 Å². The molecule has 2 aromatic rings. The van der Waals surface area contributed by atoms with Crippen LogP contribution >= 0.6 is 0 Å². The van der Waals surface area contributed by atoms with Gasteiger partial charge in [0.15, 0.2) is 0 Å². The molecule has 0 unspecified atom stereocenters. The molecule has 0 radical (unpaired) electrons. The Kier molecular flexibility index (Phi) is 2.16. The van der Waals surface area contributed by atoms with Crippen molar-refractivity contribution in [3.63, 3.8) is 0 Å². The van der Waals surface area contributed by atoms with Crippen LogP contribution in [-0.2, 0) is 19.9 Å². The van der Waals surface area contributed by atoms with Gasteiger partial charge in [0.05, 0.1) is 5.52 Å². The van der Waals surface area contributed by atoms with Crippen LogP contribution in [0.4, 0.5) is 0 Å². The average Bonchev–Trinajstić information content (AvgIpc) is 2.48. The minimum atomic E-state index is 0.441. The zero-order valence-corrected chi connectivity index (χ0v) is 9.66. The summed E-state index contributed by atoms with van der Waals surface area (Å²) in [4.78, 5) is 0. The highest BCUT2D eigenvalue weighted by molar-refractivity contribution is 5.91. The highest BCUT2D eigenvalue weighted by Crippen LogP contribution is 2.35. The van der Waals surface area contributed by atoms with E-state index in [0.717, 1.165) is 18.2 Å². The van der Waals surface area contributed by atoms with Crippen LogP contribution in [0.25, 0.3) is 10.9 Å². The number of rotatable bonds is 0. The average molecular weight is 215 g/mol. The van der Waals surface area contributed by atoms with Crippen LogP contribution in [0.3, 0.4) is 0 Å². The molecule has 1 N–H and O–H groups in total. The lowest BCUT2D eigenvalue weighted by Gasteiger charge is -2.02. The van der Waals surface area contributed by atoms with E-state index < -0.39 is 0 Å². The molecule has 1 heterocycles. The van der Waals surface area contributed by atoms with E-state index in [-0.39, 0.29) is 0 Å². The largest absolute Gasteiger partial charge is 0.507 e. The normalized spacial score (nSPS) is 16.1. The molecular weight excluding hydrogens is 198 g/mol. The van der Waals surface area contributed by atoms with E-state index in [4.69, 9.17) is 0 Å². The molecule has 1 aromatic carbocycles. The number of hydrogen-bond acceptors (Lipinski definition) is 1. The van der Waals surface area contributed by atoms with Crippen LogP contribution in [0.5, 0.6) is 5.75 Å². The number of fused-ring (bicyclic) bond motifs is 3. The molecule has 0 amide bonds. The highest BCUT2D eigenvalue weighted by Gasteiger charge is 2.18. The maximum absolute atomic E-state index is 10.0. The predicted octanol–water partition coefficient (Wildman–Crippen LogP) is 3.15. The molecule has 3 rings (SSSR count). The second-order valence-corrected chi connectivity index (χ2v) is 4.72. The van der Waals surface area contributed by atoms with E-state index in [1.807, 2.05) is 6.07 Å². The summed E-state index contributed by atoms with van der Waals surface area (Å²) in [5.41, 5.74) is 3.98. The van der Waals surface area contributed by atoms with Crippen LogP contribution in [0.1, 0.15) is 30.5 Å². The summed E-state index contributed by atoms with van der Waals surface area (Å²) in [6.07, 6.45) is 6.10. The molecule has 0 saturated heterocycles. The van der Waals surface area contributed by atoms with Crippen LogP contribution in [0.15, 0.2) is 18.2 Å². The first kappa shape index (κ1) is 9.76. The van der Waals surface area contributed by atoms with E-state index in [2.05, 4.69) is 17.7 Å². The summed E-state index contributed by atoms with van der Waals surface area (Å²) < 4.78 is 2.26. The van der Waals surface area contributed by atoms with Crippen molar-refractivity contribution < 1.29 is 5.11 Å². The summed E-state index contributed by atoms with van der Waals surface area (Å²) in [6, 6.07) is 5.83. The van der Waals surface area contributed by atoms with E-state index in [1.165, 1.54) is 36.0 Å². The Balaban J connectivity index is 2.37. The number of aryl methyl sites for hydroxylation is 2. The fourth-order valence-electron chi connectivity index (χ4n) is 2.97. The third kappa shape index (κ3) is 1.26. The number of benzene rings is 1. The van der Waals surface area contributed by atoms with Crippen LogP contribution < -0.4 is 0 Å².